The summed E-state index contributed by atoms with van der Waals surface area (Å²) in [7, 11) is -3.71. The van der Waals surface area contributed by atoms with E-state index in [-0.39, 0.29) is 17.0 Å². The number of carbonyl (C=O) groups is 1. The molecule has 0 aliphatic carbocycles. The Bertz CT molecular complexity index is 784. The van der Waals surface area contributed by atoms with Crippen LogP contribution in [0.2, 0.25) is 0 Å². The molecule has 2 amide bonds. The van der Waals surface area contributed by atoms with Crippen LogP contribution >= 0.6 is 0 Å². The molecule has 0 saturated carbocycles. The number of aryl methyl sites for hydroxylation is 1. The van der Waals surface area contributed by atoms with Crippen LogP contribution in [0.25, 0.3) is 0 Å². The molecule has 0 unspecified atom stereocenters. The third kappa shape index (κ3) is 4.80. The average Bonchev–Trinajstić information content (AvgIpc) is 2.49. The summed E-state index contributed by atoms with van der Waals surface area (Å²) < 4.78 is 22.4. The standard InChI is InChI=1S/C16H19N3O3S/c1-11-3-7-14(8-4-11)19-16(20)18-12(2)13-5-9-15(10-6-13)23(17,21)22/h3-10,12H,1-2H3,(H2,17,21,22)(H2,18,19,20)/t12-/m0/s1. The van der Waals surface area contributed by atoms with Crippen molar-refractivity contribution in [3.05, 3.63) is 59.7 Å². The highest BCUT2D eigenvalue weighted by molar-refractivity contribution is 7.89. The molecule has 0 saturated heterocycles. The van der Waals surface area contributed by atoms with Gasteiger partial charge >= 0.3 is 6.03 Å². The van der Waals surface area contributed by atoms with Gasteiger partial charge in [0, 0.05) is 5.69 Å². The summed E-state index contributed by atoms with van der Waals surface area (Å²) in [5, 5.41) is 10.6. The normalized spacial score (nSPS) is 12.5. The van der Waals surface area contributed by atoms with Crippen molar-refractivity contribution in [1.29, 1.82) is 0 Å². The van der Waals surface area contributed by atoms with Gasteiger partial charge in [-0.05, 0) is 43.7 Å². The fourth-order valence-electron chi connectivity index (χ4n) is 2.03. The first kappa shape index (κ1) is 17.0. The number of nitrogens with one attached hydrogen (secondary N) is 2. The average molecular weight is 333 g/mol. The van der Waals surface area contributed by atoms with E-state index in [1.165, 1.54) is 12.1 Å². The molecule has 0 aliphatic heterocycles. The van der Waals surface area contributed by atoms with Crippen molar-refractivity contribution >= 4 is 21.7 Å². The van der Waals surface area contributed by atoms with Gasteiger partial charge in [0.15, 0.2) is 0 Å². The molecule has 122 valence electrons. The van der Waals surface area contributed by atoms with Crippen LogP contribution in [0.15, 0.2) is 53.4 Å². The molecule has 0 aromatic heterocycles. The molecule has 0 spiro atoms. The molecule has 0 aliphatic rings. The predicted octanol–water partition coefficient (Wildman–Crippen LogP) is 2.53. The lowest BCUT2D eigenvalue weighted by atomic mass is 10.1. The Balaban J connectivity index is 1.99. The molecule has 2 rings (SSSR count). The van der Waals surface area contributed by atoms with Gasteiger partial charge in [-0.25, -0.2) is 18.4 Å². The van der Waals surface area contributed by atoms with Crippen LogP contribution < -0.4 is 15.8 Å². The van der Waals surface area contributed by atoms with Crippen LogP contribution in [-0.4, -0.2) is 14.4 Å². The second kappa shape index (κ2) is 6.80. The highest BCUT2D eigenvalue weighted by Crippen LogP contribution is 2.16. The van der Waals surface area contributed by atoms with Crippen molar-refractivity contribution in [2.24, 2.45) is 5.14 Å². The lowest BCUT2D eigenvalue weighted by molar-refractivity contribution is 0.249. The summed E-state index contributed by atoms with van der Waals surface area (Å²) >= 11 is 0. The molecule has 23 heavy (non-hydrogen) atoms. The maximum absolute atomic E-state index is 12.0. The number of sulfonamides is 1. The SMILES string of the molecule is Cc1ccc(NC(=O)N[C@@H](C)c2ccc(S(N)(=O)=O)cc2)cc1. The summed E-state index contributed by atoms with van der Waals surface area (Å²) in [6.45, 7) is 3.78. The monoisotopic (exact) mass is 333 g/mol. The molecule has 0 heterocycles. The minimum Gasteiger partial charge on any atom is -0.331 e. The largest absolute Gasteiger partial charge is 0.331 e. The van der Waals surface area contributed by atoms with Gasteiger partial charge in [-0.2, -0.15) is 0 Å². The summed E-state index contributed by atoms with van der Waals surface area (Å²) in [5.74, 6) is 0. The zero-order chi connectivity index (χ0) is 17.0. The fourth-order valence-corrected chi connectivity index (χ4v) is 2.55. The number of benzene rings is 2. The van der Waals surface area contributed by atoms with E-state index in [1.54, 1.807) is 19.1 Å². The summed E-state index contributed by atoms with van der Waals surface area (Å²) in [6.07, 6.45) is 0. The van der Waals surface area contributed by atoms with Crippen molar-refractivity contribution in [1.82, 2.24) is 5.32 Å². The van der Waals surface area contributed by atoms with E-state index >= 15 is 0 Å². The number of carbonyl (C=O) groups excluding carboxylic acids is 1. The van der Waals surface area contributed by atoms with E-state index in [4.69, 9.17) is 5.14 Å². The molecule has 2 aromatic carbocycles. The van der Waals surface area contributed by atoms with E-state index in [0.29, 0.717) is 5.69 Å². The number of hydrogen-bond donors (Lipinski definition) is 3. The second-order valence-electron chi connectivity index (χ2n) is 5.30. The van der Waals surface area contributed by atoms with Crippen molar-refractivity contribution < 1.29 is 13.2 Å². The van der Waals surface area contributed by atoms with Crippen LogP contribution in [0.1, 0.15) is 24.1 Å². The van der Waals surface area contributed by atoms with Crippen LogP contribution in [0.3, 0.4) is 0 Å². The van der Waals surface area contributed by atoms with Crippen molar-refractivity contribution in [2.45, 2.75) is 24.8 Å². The third-order valence-corrected chi connectivity index (χ3v) is 4.29. The fraction of sp³-hybridized carbons (Fsp3) is 0.188. The molecular weight excluding hydrogens is 314 g/mol. The maximum Gasteiger partial charge on any atom is 0.319 e. The molecule has 0 radical (unpaired) electrons. The van der Waals surface area contributed by atoms with Gasteiger partial charge in [0.25, 0.3) is 0 Å². The molecular formula is C16H19N3O3S. The molecule has 0 fully saturated rings. The number of nitrogens with two attached hydrogens (primary N) is 1. The summed E-state index contributed by atoms with van der Waals surface area (Å²) in [6, 6.07) is 12.9. The topological polar surface area (TPSA) is 101 Å². The molecule has 4 N–H and O–H groups in total. The Morgan fingerprint density at radius 2 is 1.61 bits per heavy atom. The van der Waals surface area contributed by atoms with E-state index in [1.807, 2.05) is 31.2 Å². The quantitative estimate of drug-likeness (QED) is 0.801. The first-order valence-electron chi connectivity index (χ1n) is 7.02. The molecule has 6 nitrogen and oxygen atoms in total. The van der Waals surface area contributed by atoms with E-state index in [9.17, 15) is 13.2 Å². The minimum atomic E-state index is -3.71. The number of hydrogen-bond acceptors (Lipinski definition) is 3. The lowest BCUT2D eigenvalue weighted by Gasteiger charge is -2.15. The second-order valence-corrected chi connectivity index (χ2v) is 6.86. The van der Waals surface area contributed by atoms with Crippen molar-refractivity contribution in [3.63, 3.8) is 0 Å². The molecule has 0 bridgehead atoms. The Morgan fingerprint density at radius 1 is 1.04 bits per heavy atom. The van der Waals surface area contributed by atoms with E-state index in [0.717, 1.165) is 11.1 Å². The first-order chi connectivity index (χ1) is 10.8. The van der Waals surface area contributed by atoms with Gasteiger partial charge in [-0.15, -0.1) is 0 Å². The Labute approximate surface area is 135 Å². The minimum absolute atomic E-state index is 0.0394. The third-order valence-electron chi connectivity index (χ3n) is 3.37. The van der Waals surface area contributed by atoms with Crippen molar-refractivity contribution in [2.75, 3.05) is 5.32 Å². The highest BCUT2D eigenvalue weighted by atomic mass is 32.2. The molecule has 7 heteroatoms. The molecule has 1 atom stereocenters. The van der Waals surface area contributed by atoms with Gasteiger partial charge in [0.1, 0.15) is 0 Å². The zero-order valence-electron chi connectivity index (χ0n) is 12.9. The van der Waals surface area contributed by atoms with Crippen LogP contribution in [0, 0.1) is 6.92 Å². The van der Waals surface area contributed by atoms with Gasteiger partial charge < -0.3 is 10.6 Å². The number of rotatable bonds is 4. The van der Waals surface area contributed by atoms with Gasteiger partial charge in [-0.1, -0.05) is 29.8 Å². The summed E-state index contributed by atoms with van der Waals surface area (Å²) in [5.41, 5.74) is 2.58. The zero-order valence-corrected chi connectivity index (χ0v) is 13.7. The molecule has 2 aromatic rings. The predicted molar refractivity (Wildman–Crippen MR) is 89.6 cm³/mol. The maximum atomic E-state index is 12.0. The van der Waals surface area contributed by atoms with Gasteiger partial charge in [0.2, 0.25) is 10.0 Å². The van der Waals surface area contributed by atoms with Crippen LogP contribution in [0.4, 0.5) is 10.5 Å². The van der Waals surface area contributed by atoms with Gasteiger partial charge in [-0.3, -0.25) is 0 Å². The van der Waals surface area contributed by atoms with Gasteiger partial charge in [0.05, 0.1) is 10.9 Å². The Morgan fingerprint density at radius 3 is 2.13 bits per heavy atom. The number of urea groups is 1. The lowest BCUT2D eigenvalue weighted by Crippen LogP contribution is -2.31. The van der Waals surface area contributed by atoms with E-state index < -0.39 is 10.0 Å². The smallest absolute Gasteiger partial charge is 0.319 e. The first-order valence-corrected chi connectivity index (χ1v) is 8.57. The number of anilines is 1. The van der Waals surface area contributed by atoms with Crippen LogP contribution in [0.5, 0.6) is 0 Å². The Hall–Kier alpha value is -2.38. The number of amides is 2. The van der Waals surface area contributed by atoms with E-state index in [2.05, 4.69) is 10.6 Å². The summed E-state index contributed by atoms with van der Waals surface area (Å²) in [4.78, 5) is 12.0. The Kier molecular flexibility index (Phi) is 5.02. The van der Waals surface area contributed by atoms with Crippen LogP contribution in [-0.2, 0) is 10.0 Å². The number of primary sulfonamides is 1. The highest BCUT2D eigenvalue weighted by Gasteiger charge is 2.12. The van der Waals surface area contributed by atoms with Crippen molar-refractivity contribution in [3.8, 4) is 0 Å².